The first-order valence-electron chi connectivity index (χ1n) is 6.09. The summed E-state index contributed by atoms with van der Waals surface area (Å²) in [6, 6.07) is 11.1. The summed E-state index contributed by atoms with van der Waals surface area (Å²) < 4.78 is 0. The molecule has 0 radical (unpaired) electrons. The molecule has 1 aromatic rings. The molecule has 0 aromatic heterocycles. The summed E-state index contributed by atoms with van der Waals surface area (Å²) in [5.41, 5.74) is 2.23. The van der Waals surface area contributed by atoms with Gasteiger partial charge in [-0.1, -0.05) is 38.1 Å². The zero-order valence-corrected chi connectivity index (χ0v) is 10.3. The summed E-state index contributed by atoms with van der Waals surface area (Å²) in [5.74, 6) is 1.13. The van der Waals surface area contributed by atoms with Crippen LogP contribution < -0.4 is 0 Å². The third kappa shape index (κ3) is 1.85. The molecule has 1 saturated carbocycles. The molecule has 0 amide bonds. The minimum Gasteiger partial charge on any atom is -0.197 e. The average Bonchev–Trinajstić information content (AvgIpc) is 3.12. The highest BCUT2D eigenvalue weighted by Crippen LogP contribution is 2.41. The van der Waals surface area contributed by atoms with Gasteiger partial charge in [0.1, 0.15) is 0 Å². The van der Waals surface area contributed by atoms with Crippen LogP contribution >= 0.6 is 0 Å². The van der Waals surface area contributed by atoms with Crippen LogP contribution in [0.5, 0.6) is 0 Å². The molecule has 1 atom stereocenters. The van der Waals surface area contributed by atoms with E-state index in [2.05, 4.69) is 44.2 Å². The Morgan fingerprint density at radius 1 is 1.25 bits per heavy atom. The molecule has 0 N–H and O–H groups in total. The highest BCUT2D eigenvalue weighted by Gasteiger charge is 2.31. The number of nitrogens with zero attached hydrogens (tertiary/aromatic N) is 1. The minimum atomic E-state index is -0.359. The SMILES string of the molecule is CC(C)C(C)(C#N)c1ccc(C2CC2)cc1. The molecule has 1 aliphatic carbocycles. The Balaban J connectivity index is 2.29. The molecule has 0 bridgehead atoms. The molecule has 0 saturated heterocycles. The molecule has 84 valence electrons. The molecular weight excluding hydrogens is 194 g/mol. The Hall–Kier alpha value is -1.29. The molecule has 1 heteroatoms. The molecule has 2 rings (SSSR count). The van der Waals surface area contributed by atoms with E-state index in [4.69, 9.17) is 0 Å². The Labute approximate surface area is 98.1 Å². The fourth-order valence-electron chi connectivity index (χ4n) is 2.05. The Bertz CT molecular complexity index is 406. The van der Waals surface area contributed by atoms with Gasteiger partial charge in [-0.15, -0.1) is 0 Å². The van der Waals surface area contributed by atoms with E-state index in [0.717, 1.165) is 11.5 Å². The Kier molecular flexibility index (Phi) is 2.76. The van der Waals surface area contributed by atoms with E-state index in [-0.39, 0.29) is 5.41 Å². The number of rotatable bonds is 3. The standard InChI is InChI=1S/C15H19N/c1-11(2)15(3,10-16)14-8-6-13(7-9-14)12-4-5-12/h6-9,11-12H,4-5H2,1-3H3. The van der Waals surface area contributed by atoms with Crippen molar-refractivity contribution in [3.63, 3.8) is 0 Å². The second-order valence-corrected chi connectivity index (χ2v) is 5.37. The average molecular weight is 213 g/mol. The van der Waals surface area contributed by atoms with E-state index in [1.165, 1.54) is 18.4 Å². The van der Waals surface area contributed by atoms with Crippen LogP contribution in [-0.4, -0.2) is 0 Å². The van der Waals surface area contributed by atoms with Gasteiger partial charge in [-0.2, -0.15) is 5.26 Å². The molecular formula is C15H19N. The van der Waals surface area contributed by atoms with Gasteiger partial charge in [-0.25, -0.2) is 0 Å². The van der Waals surface area contributed by atoms with Gasteiger partial charge in [0.25, 0.3) is 0 Å². The van der Waals surface area contributed by atoms with Crippen molar-refractivity contribution < 1.29 is 0 Å². The van der Waals surface area contributed by atoms with Crippen molar-refractivity contribution in [2.24, 2.45) is 5.92 Å². The molecule has 0 spiro atoms. The van der Waals surface area contributed by atoms with Crippen molar-refractivity contribution in [3.05, 3.63) is 35.4 Å². The summed E-state index contributed by atoms with van der Waals surface area (Å²) in [6.45, 7) is 6.25. The third-order valence-corrected chi connectivity index (χ3v) is 3.95. The summed E-state index contributed by atoms with van der Waals surface area (Å²) in [6.07, 6.45) is 2.66. The molecule has 1 nitrogen and oxygen atoms in total. The Morgan fingerprint density at radius 3 is 2.19 bits per heavy atom. The van der Waals surface area contributed by atoms with Gasteiger partial charge in [0, 0.05) is 0 Å². The van der Waals surface area contributed by atoms with Crippen LogP contribution in [-0.2, 0) is 5.41 Å². The maximum Gasteiger partial charge on any atom is 0.0817 e. The summed E-state index contributed by atoms with van der Waals surface area (Å²) in [7, 11) is 0. The van der Waals surface area contributed by atoms with Gasteiger partial charge in [-0.05, 0) is 42.7 Å². The van der Waals surface area contributed by atoms with Crippen molar-refractivity contribution in [3.8, 4) is 6.07 Å². The molecule has 1 unspecified atom stereocenters. The number of hydrogen-bond donors (Lipinski definition) is 0. The van der Waals surface area contributed by atoms with Gasteiger partial charge in [-0.3, -0.25) is 0 Å². The van der Waals surface area contributed by atoms with E-state index in [9.17, 15) is 5.26 Å². The second-order valence-electron chi connectivity index (χ2n) is 5.37. The number of nitriles is 1. The van der Waals surface area contributed by atoms with Crippen molar-refractivity contribution >= 4 is 0 Å². The second kappa shape index (κ2) is 3.94. The largest absolute Gasteiger partial charge is 0.197 e. The van der Waals surface area contributed by atoms with Crippen LogP contribution in [0.15, 0.2) is 24.3 Å². The summed E-state index contributed by atoms with van der Waals surface area (Å²) in [4.78, 5) is 0. The first-order valence-corrected chi connectivity index (χ1v) is 6.09. The van der Waals surface area contributed by atoms with Gasteiger partial charge < -0.3 is 0 Å². The lowest BCUT2D eigenvalue weighted by Gasteiger charge is -2.26. The monoisotopic (exact) mass is 213 g/mol. The lowest BCUT2D eigenvalue weighted by molar-refractivity contribution is 0.431. The van der Waals surface area contributed by atoms with Crippen LogP contribution in [0.1, 0.15) is 50.7 Å². The third-order valence-electron chi connectivity index (χ3n) is 3.95. The smallest absolute Gasteiger partial charge is 0.0817 e. The highest BCUT2D eigenvalue weighted by atomic mass is 14.4. The normalized spacial score (nSPS) is 19.2. The van der Waals surface area contributed by atoms with Crippen LogP contribution in [0.2, 0.25) is 0 Å². The Morgan fingerprint density at radius 2 is 1.81 bits per heavy atom. The fraction of sp³-hybridized carbons (Fsp3) is 0.533. The molecule has 1 aromatic carbocycles. The van der Waals surface area contributed by atoms with Crippen LogP contribution in [0.25, 0.3) is 0 Å². The predicted molar refractivity (Wildman–Crippen MR) is 66.2 cm³/mol. The predicted octanol–water partition coefficient (Wildman–Crippen LogP) is 4.00. The number of benzene rings is 1. The van der Waals surface area contributed by atoms with Crippen molar-refractivity contribution in [1.29, 1.82) is 5.26 Å². The first-order chi connectivity index (χ1) is 7.58. The lowest BCUT2D eigenvalue weighted by Crippen LogP contribution is -2.26. The zero-order chi connectivity index (χ0) is 11.8. The van der Waals surface area contributed by atoms with E-state index in [1.807, 2.05) is 6.92 Å². The van der Waals surface area contributed by atoms with Gasteiger partial charge in [0.15, 0.2) is 0 Å². The quantitative estimate of drug-likeness (QED) is 0.744. The molecule has 16 heavy (non-hydrogen) atoms. The van der Waals surface area contributed by atoms with Crippen LogP contribution in [0.4, 0.5) is 0 Å². The molecule has 0 heterocycles. The maximum atomic E-state index is 9.35. The molecule has 0 aliphatic heterocycles. The summed E-state index contributed by atoms with van der Waals surface area (Å²) >= 11 is 0. The van der Waals surface area contributed by atoms with Gasteiger partial charge in [0.05, 0.1) is 11.5 Å². The number of hydrogen-bond acceptors (Lipinski definition) is 1. The van der Waals surface area contributed by atoms with E-state index in [0.29, 0.717) is 5.92 Å². The molecule has 1 aliphatic rings. The van der Waals surface area contributed by atoms with Crippen LogP contribution in [0, 0.1) is 17.2 Å². The zero-order valence-electron chi connectivity index (χ0n) is 10.3. The minimum absolute atomic E-state index is 0.337. The van der Waals surface area contributed by atoms with E-state index in [1.54, 1.807) is 0 Å². The van der Waals surface area contributed by atoms with Crippen molar-refractivity contribution in [2.45, 2.75) is 44.9 Å². The molecule has 1 fully saturated rings. The van der Waals surface area contributed by atoms with Crippen molar-refractivity contribution in [1.82, 2.24) is 0 Å². The van der Waals surface area contributed by atoms with E-state index >= 15 is 0 Å². The van der Waals surface area contributed by atoms with E-state index < -0.39 is 0 Å². The lowest BCUT2D eigenvalue weighted by atomic mass is 9.74. The first kappa shape index (κ1) is 11.2. The maximum absolute atomic E-state index is 9.35. The fourth-order valence-corrected chi connectivity index (χ4v) is 2.05. The highest BCUT2D eigenvalue weighted by molar-refractivity contribution is 5.36. The van der Waals surface area contributed by atoms with Gasteiger partial charge in [0.2, 0.25) is 0 Å². The van der Waals surface area contributed by atoms with Crippen molar-refractivity contribution in [2.75, 3.05) is 0 Å². The summed E-state index contributed by atoms with van der Waals surface area (Å²) in [5, 5.41) is 9.35. The van der Waals surface area contributed by atoms with Crippen LogP contribution in [0.3, 0.4) is 0 Å². The van der Waals surface area contributed by atoms with Gasteiger partial charge >= 0.3 is 0 Å². The topological polar surface area (TPSA) is 23.8 Å².